The van der Waals surface area contributed by atoms with Gasteiger partial charge < -0.3 is 19.7 Å². The second-order valence-corrected chi connectivity index (χ2v) is 6.55. The minimum Gasteiger partial charge on any atom is -0.347 e. The number of benzene rings is 1. The minimum absolute atomic E-state index is 0.0896. The van der Waals surface area contributed by atoms with E-state index in [0.717, 1.165) is 12.1 Å². The summed E-state index contributed by atoms with van der Waals surface area (Å²) in [6, 6.07) is 4.69. The van der Waals surface area contributed by atoms with Crippen LogP contribution in [0.15, 0.2) is 24.3 Å². The molecule has 1 amide bonds. The van der Waals surface area contributed by atoms with Gasteiger partial charge in [0.15, 0.2) is 34.8 Å². The highest BCUT2D eigenvalue weighted by molar-refractivity contribution is 5.92. The first kappa shape index (κ1) is 18.6. The van der Waals surface area contributed by atoms with Crippen LogP contribution in [-0.2, 0) is 9.47 Å². The summed E-state index contributed by atoms with van der Waals surface area (Å²) in [4.78, 5) is 14.2. The van der Waals surface area contributed by atoms with Crippen LogP contribution in [0.5, 0.6) is 0 Å². The van der Waals surface area contributed by atoms with Crippen molar-refractivity contribution in [2.24, 2.45) is 0 Å². The Hall–Kier alpha value is -2.72. The van der Waals surface area contributed by atoms with E-state index in [2.05, 4.69) is 15.5 Å². The number of rotatable bonds is 3. The molecule has 148 valence electrons. The number of anilines is 2. The number of carbonyl (C=O) groups is 1. The summed E-state index contributed by atoms with van der Waals surface area (Å²) in [7, 11) is 0. The number of carbonyl (C=O) groups excluding carboxylic acids is 1. The van der Waals surface area contributed by atoms with Crippen LogP contribution in [0.1, 0.15) is 23.3 Å². The lowest BCUT2D eigenvalue weighted by atomic mass is 10.0. The molecular formula is C18H17F3N4O3. The second kappa shape index (κ2) is 7.36. The third-order valence-corrected chi connectivity index (χ3v) is 4.81. The number of piperidine rings is 1. The highest BCUT2D eigenvalue weighted by Gasteiger charge is 2.41. The second-order valence-electron chi connectivity index (χ2n) is 6.55. The van der Waals surface area contributed by atoms with Gasteiger partial charge in [0.2, 0.25) is 0 Å². The van der Waals surface area contributed by atoms with E-state index in [4.69, 9.17) is 9.47 Å². The first-order valence-electron chi connectivity index (χ1n) is 8.79. The van der Waals surface area contributed by atoms with Crippen LogP contribution in [0.25, 0.3) is 0 Å². The van der Waals surface area contributed by atoms with Crippen molar-refractivity contribution in [1.29, 1.82) is 0 Å². The number of nitrogens with zero attached hydrogens (tertiary/aromatic N) is 3. The number of nitrogens with one attached hydrogen (secondary N) is 1. The highest BCUT2D eigenvalue weighted by atomic mass is 19.2. The number of hydrogen-bond acceptors (Lipinski definition) is 6. The van der Waals surface area contributed by atoms with Crippen LogP contribution in [-0.4, -0.2) is 53.1 Å². The molecule has 0 saturated carbocycles. The van der Waals surface area contributed by atoms with Gasteiger partial charge in [0.25, 0.3) is 5.91 Å². The quantitative estimate of drug-likeness (QED) is 0.807. The molecule has 7 nitrogen and oxygen atoms in total. The molecule has 10 heteroatoms. The fourth-order valence-corrected chi connectivity index (χ4v) is 3.27. The van der Waals surface area contributed by atoms with Crippen molar-refractivity contribution in [1.82, 2.24) is 15.1 Å². The molecule has 2 aliphatic rings. The van der Waals surface area contributed by atoms with E-state index in [1.165, 1.54) is 12.1 Å². The van der Waals surface area contributed by atoms with Crippen LogP contribution < -0.4 is 5.32 Å². The average molecular weight is 394 g/mol. The Morgan fingerprint density at radius 3 is 2.36 bits per heavy atom. The monoisotopic (exact) mass is 394 g/mol. The van der Waals surface area contributed by atoms with Crippen LogP contribution in [0, 0.1) is 17.5 Å². The predicted molar refractivity (Wildman–Crippen MR) is 91.4 cm³/mol. The van der Waals surface area contributed by atoms with Gasteiger partial charge in [-0.1, -0.05) is 0 Å². The molecule has 1 aromatic carbocycles. The van der Waals surface area contributed by atoms with Crippen molar-refractivity contribution < 1.29 is 27.4 Å². The van der Waals surface area contributed by atoms with Gasteiger partial charge in [0.1, 0.15) is 0 Å². The molecule has 2 saturated heterocycles. The lowest BCUT2D eigenvalue weighted by Gasteiger charge is -2.37. The third-order valence-electron chi connectivity index (χ3n) is 4.81. The SMILES string of the molecule is O=C(c1ccc(Nc2ccc(F)c(F)c2F)nn1)N1CCC2(CC1)OCCO2. The van der Waals surface area contributed by atoms with E-state index >= 15 is 0 Å². The lowest BCUT2D eigenvalue weighted by Crippen LogP contribution is -2.47. The van der Waals surface area contributed by atoms with Gasteiger partial charge in [-0.15, -0.1) is 10.2 Å². The first-order chi connectivity index (χ1) is 13.5. The molecular weight excluding hydrogens is 377 g/mol. The van der Waals surface area contributed by atoms with Gasteiger partial charge in [-0.25, -0.2) is 13.2 Å². The molecule has 0 aliphatic carbocycles. The summed E-state index contributed by atoms with van der Waals surface area (Å²) in [5, 5.41) is 10.2. The normalized spacial score (nSPS) is 18.5. The van der Waals surface area contributed by atoms with Crippen LogP contribution in [0.4, 0.5) is 24.7 Å². The molecule has 0 unspecified atom stereocenters. The molecule has 2 fully saturated rings. The maximum Gasteiger partial charge on any atom is 0.274 e. The minimum atomic E-state index is -1.58. The zero-order valence-corrected chi connectivity index (χ0v) is 14.8. The maximum atomic E-state index is 13.7. The van der Waals surface area contributed by atoms with Gasteiger partial charge in [0, 0.05) is 25.9 Å². The molecule has 0 atom stereocenters. The third kappa shape index (κ3) is 3.52. The molecule has 28 heavy (non-hydrogen) atoms. The van der Waals surface area contributed by atoms with E-state index in [-0.39, 0.29) is 23.1 Å². The van der Waals surface area contributed by atoms with E-state index in [1.807, 2.05) is 0 Å². The van der Waals surface area contributed by atoms with Gasteiger partial charge in [-0.05, 0) is 24.3 Å². The Morgan fingerprint density at radius 2 is 1.71 bits per heavy atom. The van der Waals surface area contributed by atoms with E-state index in [9.17, 15) is 18.0 Å². The number of ether oxygens (including phenoxy) is 2. The maximum absolute atomic E-state index is 13.7. The van der Waals surface area contributed by atoms with Gasteiger partial charge in [-0.3, -0.25) is 4.79 Å². The fourth-order valence-electron chi connectivity index (χ4n) is 3.27. The number of amides is 1. The summed E-state index contributed by atoms with van der Waals surface area (Å²) in [6.45, 7) is 2.07. The lowest BCUT2D eigenvalue weighted by molar-refractivity contribution is -0.181. The Kier molecular flexibility index (Phi) is 4.90. The molecule has 2 aliphatic heterocycles. The standard InChI is InChI=1S/C18H17F3N4O3/c19-11-1-2-12(16(21)15(11)20)22-14-4-3-13(23-24-14)17(26)25-7-5-18(6-8-25)27-9-10-28-18/h1-4H,5-10H2,(H,22,24). The largest absolute Gasteiger partial charge is 0.347 e. The molecule has 1 N–H and O–H groups in total. The zero-order valence-electron chi connectivity index (χ0n) is 14.8. The number of hydrogen-bond donors (Lipinski definition) is 1. The van der Waals surface area contributed by atoms with Crippen molar-refractivity contribution in [3.63, 3.8) is 0 Å². The first-order valence-corrected chi connectivity index (χ1v) is 8.79. The molecule has 2 aromatic rings. The van der Waals surface area contributed by atoms with Crippen molar-refractivity contribution in [3.05, 3.63) is 47.4 Å². The summed E-state index contributed by atoms with van der Waals surface area (Å²) in [5.74, 6) is -5.00. The van der Waals surface area contributed by atoms with Crippen LogP contribution >= 0.6 is 0 Å². The molecule has 0 radical (unpaired) electrons. The zero-order chi connectivity index (χ0) is 19.7. The van der Waals surface area contributed by atoms with Crippen molar-refractivity contribution in [3.8, 4) is 0 Å². The van der Waals surface area contributed by atoms with Gasteiger partial charge in [0.05, 0.1) is 18.9 Å². The number of aromatic nitrogens is 2. The Bertz CT molecular complexity index is 878. The molecule has 1 aromatic heterocycles. The van der Waals surface area contributed by atoms with Crippen molar-refractivity contribution in [2.45, 2.75) is 18.6 Å². The summed E-state index contributed by atoms with van der Waals surface area (Å²) < 4.78 is 51.3. The molecule has 3 heterocycles. The smallest absolute Gasteiger partial charge is 0.274 e. The van der Waals surface area contributed by atoms with Crippen LogP contribution in [0.3, 0.4) is 0 Å². The van der Waals surface area contributed by atoms with E-state index < -0.39 is 23.2 Å². The fraction of sp³-hybridized carbons (Fsp3) is 0.389. The summed E-state index contributed by atoms with van der Waals surface area (Å²) >= 11 is 0. The summed E-state index contributed by atoms with van der Waals surface area (Å²) in [5.41, 5.74) is -0.161. The van der Waals surface area contributed by atoms with Crippen molar-refractivity contribution in [2.75, 3.05) is 31.6 Å². The Morgan fingerprint density at radius 1 is 1.00 bits per heavy atom. The molecule has 4 rings (SSSR count). The van der Waals surface area contributed by atoms with Gasteiger partial charge in [-0.2, -0.15) is 0 Å². The topological polar surface area (TPSA) is 76.6 Å². The molecule has 0 bridgehead atoms. The van der Waals surface area contributed by atoms with E-state index in [0.29, 0.717) is 39.1 Å². The Balaban J connectivity index is 1.40. The number of likely N-dealkylation sites (tertiary alicyclic amines) is 1. The molecule has 1 spiro atoms. The number of halogens is 3. The van der Waals surface area contributed by atoms with Gasteiger partial charge >= 0.3 is 0 Å². The highest BCUT2D eigenvalue weighted by Crippen LogP contribution is 2.31. The van der Waals surface area contributed by atoms with Crippen LogP contribution in [0.2, 0.25) is 0 Å². The van der Waals surface area contributed by atoms with E-state index in [1.54, 1.807) is 4.90 Å². The Labute approximate surface area is 158 Å². The average Bonchev–Trinajstić information content (AvgIpc) is 3.17. The summed E-state index contributed by atoms with van der Waals surface area (Å²) in [6.07, 6.45) is 1.17. The predicted octanol–water partition coefficient (Wildman–Crippen LogP) is 2.62. The van der Waals surface area contributed by atoms with Crippen molar-refractivity contribution >= 4 is 17.4 Å².